The number of hydrogen-bond donors (Lipinski definition) is 2. The van der Waals surface area contributed by atoms with Crippen molar-refractivity contribution in [3.8, 4) is 0 Å². The van der Waals surface area contributed by atoms with Gasteiger partial charge in [0.15, 0.2) is 0 Å². The number of hydrogen-bond acceptors (Lipinski definition) is 6. The van der Waals surface area contributed by atoms with Gasteiger partial charge in [0.05, 0.1) is 0 Å². The van der Waals surface area contributed by atoms with Gasteiger partial charge in [0.1, 0.15) is 9.86 Å². The summed E-state index contributed by atoms with van der Waals surface area (Å²) < 4.78 is 0. The standard InChI is InChI=1S/C15H16N4S2/c1-8-4-5-12(9(2)6-8)21-14-11-7-10(3)20-13(11)17-15(18-14)19-16/h4-7H,16H2,1-3H3,(H,17,18,19). The summed E-state index contributed by atoms with van der Waals surface area (Å²) in [7, 11) is 0. The minimum absolute atomic E-state index is 0.455. The molecule has 108 valence electrons. The number of aromatic nitrogens is 2. The summed E-state index contributed by atoms with van der Waals surface area (Å²) in [6, 6.07) is 8.57. The summed E-state index contributed by atoms with van der Waals surface area (Å²) >= 11 is 3.31. The van der Waals surface area contributed by atoms with Crippen LogP contribution in [-0.4, -0.2) is 9.97 Å². The second-order valence-electron chi connectivity index (χ2n) is 4.94. The van der Waals surface area contributed by atoms with Crippen molar-refractivity contribution in [2.24, 2.45) is 5.84 Å². The number of fused-ring (bicyclic) bond motifs is 1. The first-order chi connectivity index (χ1) is 10.1. The Morgan fingerprint density at radius 3 is 2.67 bits per heavy atom. The van der Waals surface area contributed by atoms with E-state index in [4.69, 9.17) is 5.84 Å². The van der Waals surface area contributed by atoms with Crippen LogP contribution >= 0.6 is 23.1 Å². The van der Waals surface area contributed by atoms with Crippen LogP contribution in [0.5, 0.6) is 0 Å². The van der Waals surface area contributed by atoms with Crippen molar-refractivity contribution in [1.82, 2.24) is 9.97 Å². The number of nitrogens with zero attached hydrogens (tertiary/aromatic N) is 2. The van der Waals surface area contributed by atoms with E-state index in [0.29, 0.717) is 5.95 Å². The molecule has 0 bridgehead atoms. The average Bonchev–Trinajstić information content (AvgIpc) is 2.82. The summed E-state index contributed by atoms with van der Waals surface area (Å²) in [5.41, 5.74) is 5.06. The van der Waals surface area contributed by atoms with Crippen molar-refractivity contribution < 1.29 is 0 Å². The maximum Gasteiger partial charge on any atom is 0.239 e. The molecule has 21 heavy (non-hydrogen) atoms. The highest BCUT2D eigenvalue weighted by molar-refractivity contribution is 7.99. The van der Waals surface area contributed by atoms with Gasteiger partial charge in [-0.05, 0) is 38.5 Å². The fraction of sp³-hybridized carbons (Fsp3) is 0.200. The number of thiophene rings is 1. The monoisotopic (exact) mass is 316 g/mol. The van der Waals surface area contributed by atoms with E-state index < -0.39 is 0 Å². The third-order valence-electron chi connectivity index (χ3n) is 3.15. The molecule has 3 aromatic rings. The number of hydrazine groups is 1. The molecule has 6 heteroatoms. The maximum absolute atomic E-state index is 5.48. The summed E-state index contributed by atoms with van der Waals surface area (Å²) in [6.45, 7) is 6.30. The molecule has 0 aliphatic rings. The Labute approximate surface area is 131 Å². The summed E-state index contributed by atoms with van der Waals surface area (Å²) in [5.74, 6) is 5.94. The van der Waals surface area contributed by atoms with Crippen molar-refractivity contribution in [2.45, 2.75) is 30.7 Å². The Kier molecular flexibility index (Phi) is 3.84. The molecular weight excluding hydrogens is 300 g/mol. The third-order valence-corrected chi connectivity index (χ3v) is 5.27. The maximum atomic E-state index is 5.48. The summed E-state index contributed by atoms with van der Waals surface area (Å²) in [6.07, 6.45) is 0. The number of anilines is 1. The normalized spacial score (nSPS) is 11.0. The second-order valence-corrected chi connectivity index (χ2v) is 7.21. The highest BCUT2D eigenvalue weighted by Crippen LogP contribution is 2.37. The molecule has 0 spiro atoms. The number of rotatable bonds is 3. The Balaban J connectivity index is 2.10. The lowest BCUT2D eigenvalue weighted by molar-refractivity contribution is 1.07. The van der Waals surface area contributed by atoms with Gasteiger partial charge in [-0.3, -0.25) is 5.43 Å². The smallest absolute Gasteiger partial charge is 0.239 e. The first-order valence-corrected chi connectivity index (χ1v) is 8.20. The zero-order valence-corrected chi connectivity index (χ0v) is 13.7. The van der Waals surface area contributed by atoms with Crippen LogP contribution in [0.1, 0.15) is 16.0 Å². The van der Waals surface area contributed by atoms with Crippen molar-refractivity contribution in [3.05, 3.63) is 40.3 Å². The Morgan fingerprint density at radius 1 is 1.14 bits per heavy atom. The van der Waals surface area contributed by atoms with Crippen LogP contribution in [-0.2, 0) is 0 Å². The molecule has 0 aliphatic heterocycles. The van der Waals surface area contributed by atoms with Gasteiger partial charge in [0.2, 0.25) is 5.95 Å². The number of nitrogens with two attached hydrogens (primary N) is 1. The molecule has 2 aromatic heterocycles. The van der Waals surface area contributed by atoms with Crippen molar-refractivity contribution >= 4 is 39.3 Å². The molecule has 0 unspecified atom stereocenters. The Morgan fingerprint density at radius 2 is 1.95 bits per heavy atom. The largest absolute Gasteiger partial charge is 0.292 e. The van der Waals surface area contributed by atoms with Crippen molar-refractivity contribution in [3.63, 3.8) is 0 Å². The van der Waals surface area contributed by atoms with E-state index in [1.165, 1.54) is 20.9 Å². The van der Waals surface area contributed by atoms with Gasteiger partial charge in [-0.15, -0.1) is 11.3 Å². The van der Waals surface area contributed by atoms with Gasteiger partial charge in [-0.2, -0.15) is 0 Å². The van der Waals surface area contributed by atoms with Gasteiger partial charge < -0.3 is 0 Å². The van der Waals surface area contributed by atoms with Gasteiger partial charge in [0.25, 0.3) is 0 Å². The van der Waals surface area contributed by atoms with E-state index >= 15 is 0 Å². The third kappa shape index (κ3) is 2.88. The van der Waals surface area contributed by atoms with Gasteiger partial charge >= 0.3 is 0 Å². The first kappa shape index (κ1) is 14.3. The van der Waals surface area contributed by atoms with Gasteiger partial charge in [0, 0.05) is 15.2 Å². The SMILES string of the molecule is Cc1ccc(Sc2nc(NN)nc3sc(C)cc23)c(C)c1. The molecule has 0 saturated carbocycles. The Bertz CT molecular complexity index is 811. The van der Waals surface area contributed by atoms with E-state index in [1.807, 2.05) is 0 Å². The zero-order chi connectivity index (χ0) is 15.0. The van der Waals surface area contributed by atoms with E-state index in [2.05, 4.69) is 60.4 Å². The minimum Gasteiger partial charge on any atom is -0.292 e. The zero-order valence-electron chi connectivity index (χ0n) is 12.1. The predicted octanol–water partition coefficient (Wildman–Crippen LogP) is 4.05. The number of aryl methyl sites for hydroxylation is 3. The highest BCUT2D eigenvalue weighted by Gasteiger charge is 2.12. The highest BCUT2D eigenvalue weighted by atomic mass is 32.2. The van der Waals surface area contributed by atoms with Crippen LogP contribution in [0.3, 0.4) is 0 Å². The number of nitrogens with one attached hydrogen (secondary N) is 1. The number of benzene rings is 1. The molecule has 0 amide bonds. The predicted molar refractivity (Wildman–Crippen MR) is 90.0 cm³/mol. The topological polar surface area (TPSA) is 63.8 Å². The fourth-order valence-electron chi connectivity index (χ4n) is 2.18. The van der Waals surface area contributed by atoms with Crippen LogP contribution < -0.4 is 11.3 Å². The molecular formula is C15H16N4S2. The second kappa shape index (κ2) is 5.63. The lowest BCUT2D eigenvalue weighted by Gasteiger charge is -2.08. The first-order valence-electron chi connectivity index (χ1n) is 6.56. The van der Waals surface area contributed by atoms with E-state index in [-0.39, 0.29) is 0 Å². The van der Waals surface area contributed by atoms with Crippen molar-refractivity contribution in [1.29, 1.82) is 0 Å². The molecule has 0 radical (unpaired) electrons. The number of nitrogen functional groups attached to an aromatic ring is 1. The van der Waals surface area contributed by atoms with Gasteiger partial charge in [-0.1, -0.05) is 29.5 Å². The molecule has 1 aromatic carbocycles. The fourth-order valence-corrected chi connectivity index (χ4v) is 4.08. The molecule has 3 N–H and O–H groups in total. The lowest BCUT2D eigenvalue weighted by atomic mass is 10.2. The van der Waals surface area contributed by atoms with Crippen LogP contribution in [0.25, 0.3) is 10.2 Å². The minimum atomic E-state index is 0.455. The van der Waals surface area contributed by atoms with Crippen LogP contribution in [0.15, 0.2) is 34.2 Å². The Hall–Kier alpha value is -1.63. The molecule has 3 rings (SSSR count). The molecule has 0 aliphatic carbocycles. The van der Waals surface area contributed by atoms with E-state index in [1.54, 1.807) is 23.1 Å². The summed E-state index contributed by atoms with van der Waals surface area (Å²) in [5, 5.41) is 2.02. The molecule has 0 saturated heterocycles. The molecule has 0 atom stereocenters. The van der Waals surface area contributed by atoms with Gasteiger partial charge in [-0.25, -0.2) is 15.8 Å². The van der Waals surface area contributed by atoms with E-state index in [9.17, 15) is 0 Å². The van der Waals surface area contributed by atoms with Crippen LogP contribution in [0.4, 0.5) is 5.95 Å². The van der Waals surface area contributed by atoms with Crippen molar-refractivity contribution in [2.75, 3.05) is 5.43 Å². The quantitative estimate of drug-likeness (QED) is 0.433. The van der Waals surface area contributed by atoms with Crippen LogP contribution in [0, 0.1) is 20.8 Å². The molecule has 0 fully saturated rings. The summed E-state index contributed by atoms with van der Waals surface area (Å²) in [4.78, 5) is 12.3. The van der Waals surface area contributed by atoms with E-state index in [0.717, 1.165) is 15.2 Å². The molecule has 4 nitrogen and oxygen atoms in total. The van der Waals surface area contributed by atoms with Crippen LogP contribution in [0.2, 0.25) is 0 Å². The molecule has 2 heterocycles. The average molecular weight is 316 g/mol. The lowest BCUT2D eigenvalue weighted by Crippen LogP contribution is -2.10.